The van der Waals surface area contributed by atoms with Crippen LogP contribution in [0.1, 0.15) is 42.6 Å². The average molecular weight is 385 g/mol. The third-order valence-corrected chi connectivity index (χ3v) is 7.56. The van der Waals surface area contributed by atoms with E-state index >= 15 is 0 Å². The number of carbonyl (C=O) groups is 1. The molecule has 1 aliphatic heterocycles. The zero-order valence-electron chi connectivity index (χ0n) is 15.7. The third-order valence-electron chi connectivity index (χ3n) is 5.78. The van der Waals surface area contributed by atoms with Crippen molar-refractivity contribution in [2.24, 2.45) is 0 Å². The van der Waals surface area contributed by atoms with Crippen molar-refractivity contribution in [2.75, 3.05) is 23.9 Å². The van der Waals surface area contributed by atoms with E-state index < -0.39 is 10.0 Å². The molecule has 27 heavy (non-hydrogen) atoms. The summed E-state index contributed by atoms with van der Waals surface area (Å²) < 4.78 is 28.1. The maximum Gasteiger partial charge on any atom is 0.264 e. The summed E-state index contributed by atoms with van der Waals surface area (Å²) in [5, 5.41) is 0. The van der Waals surface area contributed by atoms with Crippen molar-refractivity contribution in [2.45, 2.75) is 37.0 Å². The fourth-order valence-corrected chi connectivity index (χ4v) is 5.54. The summed E-state index contributed by atoms with van der Waals surface area (Å²) in [5.41, 5.74) is 2.45. The molecule has 0 radical (unpaired) electrons. The molecule has 6 heteroatoms. The molecular formula is C21H24N2O3S. The van der Waals surface area contributed by atoms with E-state index in [-0.39, 0.29) is 16.2 Å². The summed E-state index contributed by atoms with van der Waals surface area (Å²) in [4.78, 5) is 14.4. The minimum Gasteiger partial charge on any atom is -0.339 e. The number of benzene rings is 2. The number of fused-ring (bicyclic) bond motifs is 2. The summed E-state index contributed by atoms with van der Waals surface area (Å²) in [6.45, 7) is 5.62. The van der Waals surface area contributed by atoms with Gasteiger partial charge in [0.25, 0.3) is 15.9 Å². The van der Waals surface area contributed by atoms with Gasteiger partial charge in [0.05, 0.1) is 10.6 Å². The molecule has 0 atom stereocenters. The van der Waals surface area contributed by atoms with Crippen molar-refractivity contribution in [3.8, 4) is 0 Å². The minimum absolute atomic E-state index is 0.00230. The van der Waals surface area contributed by atoms with Crippen LogP contribution in [0, 0.1) is 0 Å². The zero-order valence-corrected chi connectivity index (χ0v) is 16.5. The summed E-state index contributed by atoms with van der Waals surface area (Å²) in [5.74, 6) is -0.0765. The topological polar surface area (TPSA) is 57.7 Å². The molecule has 0 aromatic heterocycles. The number of rotatable bonds is 5. The van der Waals surface area contributed by atoms with E-state index in [0.29, 0.717) is 25.2 Å². The van der Waals surface area contributed by atoms with Crippen molar-refractivity contribution >= 4 is 21.6 Å². The molecule has 1 spiro atoms. The number of carbonyl (C=O) groups excluding carboxylic acids is 1. The van der Waals surface area contributed by atoms with Crippen LogP contribution in [0.3, 0.4) is 0 Å². The molecule has 0 bridgehead atoms. The van der Waals surface area contributed by atoms with Gasteiger partial charge in [0.15, 0.2) is 0 Å². The molecular weight excluding hydrogens is 360 g/mol. The maximum absolute atomic E-state index is 13.3. The molecule has 1 saturated carbocycles. The van der Waals surface area contributed by atoms with Gasteiger partial charge in [-0.15, -0.1) is 0 Å². The zero-order chi connectivity index (χ0) is 19.2. The fraction of sp³-hybridized carbons (Fsp3) is 0.381. The predicted octanol–water partition coefficient (Wildman–Crippen LogP) is 3.41. The van der Waals surface area contributed by atoms with Crippen molar-refractivity contribution in [1.29, 1.82) is 0 Å². The Morgan fingerprint density at radius 2 is 1.67 bits per heavy atom. The van der Waals surface area contributed by atoms with E-state index in [4.69, 9.17) is 0 Å². The van der Waals surface area contributed by atoms with Gasteiger partial charge in [-0.3, -0.25) is 9.10 Å². The Morgan fingerprint density at radius 1 is 1.04 bits per heavy atom. The van der Waals surface area contributed by atoms with Crippen LogP contribution in [0.4, 0.5) is 5.69 Å². The lowest BCUT2D eigenvalue weighted by Gasteiger charge is -2.21. The molecule has 4 rings (SSSR count). The summed E-state index contributed by atoms with van der Waals surface area (Å²) >= 11 is 0. The first-order chi connectivity index (χ1) is 12.9. The Bertz CT molecular complexity index is 975. The Morgan fingerprint density at radius 3 is 2.26 bits per heavy atom. The molecule has 0 N–H and O–H groups in total. The first-order valence-corrected chi connectivity index (χ1v) is 10.9. The van der Waals surface area contributed by atoms with Gasteiger partial charge < -0.3 is 4.90 Å². The molecule has 0 saturated heterocycles. The number of sulfonamides is 1. The van der Waals surface area contributed by atoms with Crippen LogP contribution in [0.2, 0.25) is 0 Å². The van der Waals surface area contributed by atoms with Crippen LogP contribution in [0.25, 0.3) is 0 Å². The van der Waals surface area contributed by atoms with E-state index in [1.54, 1.807) is 29.2 Å². The fourth-order valence-electron chi connectivity index (χ4n) is 3.97. The SMILES string of the molecule is CCN(CC)C(=O)c1ccc(S(=O)(=O)N2CC3(CC3)c3ccccc32)cc1. The number of hydrogen-bond acceptors (Lipinski definition) is 3. The van der Waals surface area contributed by atoms with Crippen LogP contribution < -0.4 is 4.31 Å². The van der Waals surface area contributed by atoms with Crippen LogP contribution in [0.15, 0.2) is 53.4 Å². The maximum atomic E-state index is 13.3. The standard InChI is InChI=1S/C21H24N2O3S/c1-3-22(4-2)20(24)16-9-11-17(12-10-16)27(25,26)23-15-21(13-14-21)18-7-5-6-8-19(18)23/h5-12H,3-4,13-15H2,1-2H3. The molecule has 1 amide bonds. The smallest absolute Gasteiger partial charge is 0.264 e. The lowest BCUT2D eigenvalue weighted by molar-refractivity contribution is 0.0773. The lowest BCUT2D eigenvalue weighted by Crippen LogP contribution is -2.32. The monoisotopic (exact) mass is 384 g/mol. The minimum atomic E-state index is -3.65. The van der Waals surface area contributed by atoms with Crippen molar-refractivity contribution in [3.63, 3.8) is 0 Å². The van der Waals surface area contributed by atoms with Gasteiger partial charge in [-0.25, -0.2) is 8.42 Å². The molecule has 2 aliphatic rings. The first kappa shape index (κ1) is 18.0. The highest BCUT2D eigenvalue weighted by atomic mass is 32.2. The molecule has 2 aromatic carbocycles. The predicted molar refractivity (Wildman–Crippen MR) is 106 cm³/mol. The van der Waals surface area contributed by atoms with Crippen LogP contribution >= 0.6 is 0 Å². The van der Waals surface area contributed by atoms with E-state index in [0.717, 1.165) is 24.1 Å². The van der Waals surface area contributed by atoms with E-state index in [1.165, 1.54) is 4.31 Å². The number of para-hydroxylation sites is 1. The Hall–Kier alpha value is -2.34. The number of anilines is 1. The molecule has 5 nitrogen and oxygen atoms in total. The van der Waals surface area contributed by atoms with Gasteiger partial charge >= 0.3 is 0 Å². The summed E-state index contributed by atoms with van der Waals surface area (Å²) in [7, 11) is -3.65. The molecule has 0 unspecified atom stereocenters. The van der Waals surface area contributed by atoms with Crippen LogP contribution in [0.5, 0.6) is 0 Å². The number of hydrogen-bond donors (Lipinski definition) is 0. The normalized spacial score (nSPS) is 17.0. The average Bonchev–Trinajstić information content (AvgIpc) is 3.39. The third kappa shape index (κ3) is 2.83. The highest BCUT2D eigenvalue weighted by Gasteiger charge is 2.54. The number of nitrogens with zero attached hydrogens (tertiary/aromatic N) is 2. The number of amides is 1. The largest absolute Gasteiger partial charge is 0.339 e. The molecule has 1 aliphatic carbocycles. The van der Waals surface area contributed by atoms with Crippen LogP contribution in [-0.4, -0.2) is 38.9 Å². The molecule has 1 fully saturated rings. The van der Waals surface area contributed by atoms with E-state index in [1.807, 2.05) is 38.1 Å². The highest BCUT2D eigenvalue weighted by Crippen LogP contribution is 2.57. The van der Waals surface area contributed by atoms with Crippen molar-refractivity contribution in [1.82, 2.24) is 4.90 Å². The van der Waals surface area contributed by atoms with Gasteiger partial charge in [0.2, 0.25) is 0 Å². The van der Waals surface area contributed by atoms with Crippen molar-refractivity contribution in [3.05, 3.63) is 59.7 Å². The molecule has 2 aromatic rings. The van der Waals surface area contributed by atoms with Gasteiger partial charge in [0, 0.05) is 30.6 Å². The quantitative estimate of drug-likeness (QED) is 0.794. The summed E-state index contributed by atoms with van der Waals surface area (Å²) in [6, 6.07) is 14.1. The Kier molecular flexibility index (Phi) is 4.26. The first-order valence-electron chi connectivity index (χ1n) is 9.44. The molecule has 142 valence electrons. The second-order valence-corrected chi connectivity index (χ2v) is 9.17. The van der Waals surface area contributed by atoms with Crippen molar-refractivity contribution < 1.29 is 13.2 Å². The second kappa shape index (κ2) is 6.37. The molecule has 1 heterocycles. The van der Waals surface area contributed by atoms with E-state index in [9.17, 15) is 13.2 Å². The van der Waals surface area contributed by atoms with Gasteiger partial charge in [-0.05, 0) is 62.6 Å². The van der Waals surface area contributed by atoms with Gasteiger partial charge in [0.1, 0.15) is 0 Å². The summed E-state index contributed by atoms with van der Waals surface area (Å²) in [6.07, 6.45) is 2.07. The van der Waals surface area contributed by atoms with Crippen LogP contribution in [-0.2, 0) is 15.4 Å². The lowest BCUT2D eigenvalue weighted by atomic mass is 9.99. The Balaban J connectivity index is 1.65. The van der Waals surface area contributed by atoms with Gasteiger partial charge in [-0.1, -0.05) is 18.2 Å². The Labute approximate surface area is 160 Å². The second-order valence-electron chi connectivity index (χ2n) is 7.31. The highest BCUT2D eigenvalue weighted by molar-refractivity contribution is 7.92. The van der Waals surface area contributed by atoms with E-state index in [2.05, 4.69) is 0 Å². The van der Waals surface area contributed by atoms with Gasteiger partial charge in [-0.2, -0.15) is 0 Å².